The first-order valence-corrected chi connectivity index (χ1v) is 8.71. The Bertz CT molecular complexity index is 425. The van der Waals surface area contributed by atoms with Crippen LogP contribution in [-0.2, 0) is 20.7 Å². The van der Waals surface area contributed by atoms with Crippen molar-refractivity contribution >= 4 is 5.91 Å². The molecule has 0 aliphatic carbocycles. The lowest BCUT2D eigenvalue weighted by molar-refractivity contribution is -0.140. The van der Waals surface area contributed by atoms with Gasteiger partial charge in [0.1, 0.15) is 0 Å². The third kappa shape index (κ3) is 9.36. The van der Waals surface area contributed by atoms with Gasteiger partial charge in [0, 0.05) is 32.6 Å². The molecule has 4 nitrogen and oxygen atoms in total. The van der Waals surface area contributed by atoms with E-state index >= 15 is 0 Å². The quantitative estimate of drug-likeness (QED) is 0.472. The Kier molecular flexibility index (Phi) is 10.3. The van der Waals surface area contributed by atoms with Crippen LogP contribution >= 0.6 is 0 Å². The van der Waals surface area contributed by atoms with Gasteiger partial charge in [-0.15, -0.1) is 0 Å². The van der Waals surface area contributed by atoms with E-state index in [1.165, 1.54) is 11.1 Å². The van der Waals surface area contributed by atoms with E-state index in [4.69, 9.17) is 9.47 Å². The molecule has 130 valence electrons. The molecule has 1 rings (SSSR count). The summed E-state index contributed by atoms with van der Waals surface area (Å²) in [7, 11) is 0. The lowest BCUT2D eigenvalue weighted by atomic mass is 10.1. The van der Waals surface area contributed by atoms with E-state index in [1.54, 1.807) is 0 Å². The van der Waals surface area contributed by atoms with E-state index in [9.17, 15) is 4.79 Å². The second kappa shape index (κ2) is 12.1. The van der Waals surface area contributed by atoms with Crippen LogP contribution in [0.1, 0.15) is 50.7 Å². The van der Waals surface area contributed by atoms with Crippen LogP contribution in [0.25, 0.3) is 0 Å². The van der Waals surface area contributed by atoms with Crippen molar-refractivity contribution in [3.05, 3.63) is 35.4 Å². The number of amides is 1. The van der Waals surface area contributed by atoms with E-state index in [-0.39, 0.29) is 12.2 Å². The van der Waals surface area contributed by atoms with Crippen LogP contribution in [0, 0.1) is 6.92 Å². The maximum atomic E-state index is 11.8. The normalized spacial score (nSPS) is 11.0. The summed E-state index contributed by atoms with van der Waals surface area (Å²) in [6.07, 6.45) is 3.94. The number of rotatable bonds is 12. The molecule has 1 aromatic carbocycles. The molecule has 0 saturated heterocycles. The van der Waals surface area contributed by atoms with Crippen LogP contribution in [0.15, 0.2) is 24.3 Å². The Morgan fingerprint density at radius 3 is 2.35 bits per heavy atom. The summed E-state index contributed by atoms with van der Waals surface area (Å²) in [6, 6.07) is 8.49. The summed E-state index contributed by atoms with van der Waals surface area (Å²) in [6.45, 7) is 7.98. The molecule has 0 saturated carbocycles. The number of aryl methyl sites for hydroxylation is 2. The van der Waals surface area contributed by atoms with E-state index in [2.05, 4.69) is 36.5 Å². The summed E-state index contributed by atoms with van der Waals surface area (Å²) < 4.78 is 11.0. The lowest BCUT2D eigenvalue weighted by Crippen LogP contribution is -2.26. The third-order valence-corrected chi connectivity index (χ3v) is 3.63. The maximum Gasteiger partial charge on any atom is 0.220 e. The number of carbonyl (C=O) groups is 1. The van der Waals surface area contributed by atoms with E-state index in [0.717, 1.165) is 25.7 Å². The lowest BCUT2D eigenvalue weighted by Gasteiger charge is -2.16. The molecular formula is C19H31NO3. The summed E-state index contributed by atoms with van der Waals surface area (Å²) in [5.41, 5.74) is 2.56. The average Bonchev–Trinajstić information content (AvgIpc) is 2.54. The zero-order chi connectivity index (χ0) is 16.9. The number of ether oxygens (including phenoxy) is 2. The van der Waals surface area contributed by atoms with Crippen molar-refractivity contribution < 1.29 is 14.3 Å². The Balaban J connectivity index is 2.08. The van der Waals surface area contributed by atoms with Crippen LogP contribution in [-0.4, -0.2) is 32.0 Å². The fourth-order valence-electron chi connectivity index (χ4n) is 2.38. The Morgan fingerprint density at radius 1 is 1.09 bits per heavy atom. The maximum absolute atomic E-state index is 11.8. The molecule has 0 spiro atoms. The summed E-state index contributed by atoms with van der Waals surface area (Å²) in [5, 5.41) is 2.97. The Hall–Kier alpha value is -1.39. The predicted molar refractivity (Wildman–Crippen MR) is 93.4 cm³/mol. The number of hydrogen-bond acceptors (Lipinski definition) is 3. The first-order valence-electron chi connectivity index (χ1n) is 8.71. The molecule has 23 heavy (non-hydrogen) atoms. The third-order valence-electron chi connectivity index (χ3n) is 3.63. The predicted octanol–water partition coefficient (Wildman–Crippen LogP) is 3.61. The van der Waals surface area contributed by atoms with Gasteiger partial charge >= 0.3 is 0 Å². The van der Waals surface area contributed by atoms with Crippen molar-refractivity contribution in [3.63, 3.8) is 0 Å². The first kappa shape index (κ1) is 19.7. The van der Waals surface area contributed by atoms with Gasteiger partial charge in [-0.1, -0.05) is 29.8 Å². The van der Waals surface area contributed by atoms with Crippen molar-refractivity contribution in [3.8, 4) is 0 Å². The molecule has 0 bridgehead atoms. The minimum Gasteiger partial charge on any atom is -0.356 e. The molecule has 1 aromatic rings. The van der Waals surface area contributed by atoms with Gasteiger partial charge in [-0.3, -0.25) is 4.79 Å². The second-order valence-electron chi connectivity index (χ2n) is 5.67. The summed E-state index contributed by atoms with van der Waals surface area (Å²) in [5.74, 6) is 0.126. The summed E-state index contributed by atoms with van der Waals surface area (Å²) in [4.78, 5) is 11.8. The topological polar surface area (TPSA) is 47.6 Å². The number of nitrogens with one attached hydrogen (secondary N) is 1. The number of carbonyl (C=O) groups excluding carboxylic acids is 1. The zero-order valence-corrected chi connectivity index (χ0v) is 14.8. The molecular weight excluding hydrogens is 290 g/mol. The van der Waals surface area contributed by atoms with Crippen LogP contribution in [0.5, 0.6) is 0 Å². The number of benzene rings is 1. The molecule has 0 atom stereocenters. The van der Waals surface area contributed by atoms with Crippen molar-refractivity contribution in [2.24, 2.45) is 0 Å². The molecule has 1 amide bonds. The zero-order valence-electron chi connectivity index (χ0n) is 14.8. The second-order valence-corrected chi connectivity index (χ2v) is 5.67. The Morgan fingerprint density at radius 2 is 1.74 bits per heavy atom. The molecule has 0 heterocycles. The van der Waals surface area contributed by atoms with Gasteiger partial charge in [0.15, 0.2) is 6.29 Å². The highest BCUT2D eigenvalue weighted by Gasteiger charge is 2.08. The highest BCUT2D eigenvalue weighted by atomic mass is 16.7. The van der Waals surface area contributed by atoms with Gasteiger partial charge in [-0.05, 0) is 45.6 Å². The van der Waals surface area contributed by atoms with Gasteiger partial charge in [0.05, 0.1) is 0 Å². The molecule has 1 N–H and O–H groups in total. The number of hydrogen-bond donors (Lipinski definition) is 1. The molecule has 0 fully saturated rings. The van der Waals surface area contributed by atoms with Gasteiger partial charge < -0.3 is 14.8 Å². The fourth-order valence-corrected chi connectivity index (χ4v) is 2.38. The molecule has 0 radical (unpaired) electrons. The molecule has 0 aliphatic heterocycles. The minimum atomic E-state index is -0.150. The first-order chi connectivity index (χ1) is 11.2. The van der Waals surface area contributed by atoms with Gasteiger partial charge in [0.25, 0.3) is 0 Å². The highest BCUT2D eigenvalue weighted by molar-refractivity contribution is 5.75. The monoisotopic (exact) mass is 321 g/mol. The van der Waals surface area contributed by atoms with Crippen LogP contribution < -0.4 is 5.32 Å². The molecule has 4 heteroatoms. The molecule has 0 aromatic heterocycles. The Labute approximate surface area is 140 Å². The van der Waals surface area contributed by atoms with Crippen molar-refractivity contribution in [2.45, 2.75) is 59.2 Å². The average molecular weight is 321 g/mol. The van der Waals surface area contributed by atoms with E-state index in [0.29, 0.717) is 26.2 Å². The molecule has 0 unspecified atom stereocenters. The van der Waals surface area contributed by atoms with E-state index in [1.807, 2.05) is 13.8 Å². The fraction of sp³-hybridized carbons (Fsp3) is 0.632. The van der Waals surface area contributed by atoms with Crippen LogP contribution in [0.2, 0.25) is 0 Å². The largest absolute Gasteiger partial charge is 0.356 e. The minimum absolute atomic E-state index is 0.126. The van der Waals surface area contributed by atoms with Gasteiger partial charge in [0.2, 0.25) is 5.91 Å². The highest BCUT2D eigenvalue weighted by Crippen LogP contribution is 2.07. The van der Waals surface area contributed by atoms with Crippen LogP contribution in [0.3, 0.4) is 0 Å². The van der Waals surface area contributed by atoms with Crippen molar-refractivity contribution in [1.29, 1.82) is 0 Å². The SMILES string of the molecule is CCOC(CCCNC(=O)CCCc1ccc(C)cc1)OCC. The van der Waals surface area contributed by atoms with Gasteiger partial charge in [-0.25, -0.2) is 0 Å². The summed E-state index contributed by atoms with van der Waals surface area (Å²) >= 11 is 0. The van der Waals surface area contributed by atoms with Gasteiger partial charge in [-0.2, -0.15) is 0 Å². The van der Waals surface area contributed by atoms with Crippen molar-refractivity contribution in [1.82, 2.24) is 5.32 Å². The van der Waals surface area contributed by atoms with Crippen LogP contribution in [0.4, 0.5) is 0 Å². The smallest absolute Gasteiger partial charge is 0.220 e. The molecule has 0 aliphatic rings. The van der Waals surface area contributed by atoms with Crippen molar-refractivity contribution in [2.75, 3.05) is 19.8 Å². The van der Waals surface area contributed by atoms with E-state index < -0.39 is 0 Å². The standard InChI is InChI=1S/C19H31NO3/c1-4-22-19(23-5-2)10-7-15-20-18(21)9-6-8-17-13-11-16(3)12-14-17/h11-14,19H,4-10,15H2,1-3H3,(H,20,21).